The van der Waals surface area contributed by atoms with Gasteiger partial charge < -0.3 is 15.0 Å². The van der Waals surface area contributed by atoms with Crippen molar-refractivity contribution < 1.29 is 4.74 Å². The fourth-order valence-electron chi connectivity index (χ4n) is 2.77. The fraction of sp³-hybridized carbons (Fsp3) is 0.625. The molecule has 1 aliphatic rings. The van der Waals surface area contributed by atoms with Crippen LogP contribution in [0.15, 0.2) is 24.3 Å². The highest BCUT2D eigenvalue weighted by Gasteiger charge is 2.13. The summed E-state index contributed by atoms with van der Waals surface area (Å²) in [6, 6.07) is 9.11. The lowest BCUT2D eigenvalue weighted by Crippen LogP contribution is -2.24. The maximum atomic E-state index is 5.26. The molecule has 0 saturated carbocycles. The van der Waals surface area contributed by atoms with Crippen molar-refractivity contribution >= 4 is 0 Å². The molecule has 1 aliphatic heterocycles. The molecule has 0 radical (unpaired) electrons. The molecule has 0 aromatic heterocycles. The summed E-state index contributed by atoms with van der Waals surface area (Å²) in [7, 11) is 3.92. The van der Waals surface area contributed by atoms with Crippen molar-refractivity contribution in [2.75, 3.05) is 27.2 Å². The van der Waals surface area contributed by atoms with E-state index in [1.54, 1.807) is 7.11 Å². The fourth-order valence-corrected chi connectivity index (χ4v) is 2.77. The highest BCUT2D eigenvalue weighted by molar-refractivity contribution is 5.28. The molecular weight excluding hydrogens is 236 g/mol. The van der Waals surface area contributed by atoms with Gasteiger partial charge in [0, 0.05) is 12.6 Å². The minimum Gasteiger partial charge on any atom is -0.497 e. The summed E-state index contributed by atoms with van der Waals surface area (Å²) in [4.78, 5) is 2.39. The first-order valence-electron chi connectivity index (χ1n) is 7.33. The molecular formula is C16H26N2O. The zero-order valence-corrected chi connectivity index (χ0v) is 12.2. The van der Waals surface area contributed by atoms with Crippen LogP contribution in [0.2, 0.25) is 0 Å². The normalized spacial score (nSPS) is 19.0. The van der Waals surface area contributed by atoms with Crippen LogP contribution in [0, 0.1) is 0 Å². The topological polar surface area (TPSA) is 24.5 Å². The molecule has 1 heterocycles. The predicted molar refractivity (Wildman–Crippen MR) is 79.6 cm³/mol. The van der Waals surface area contributed by atoms with E-state index in [1.807, 2.05) is 6.07 Å². The zero-order chi connectivity index (χ0) is 13.5. The van der Waals surface area contributed by atoms with Crippen molar-refractivity contribution in [3.05, 3.63) is 29.8 Å². The van der Waals surface area contributed by atoms with Crippen molar-refractivity contribution in [3.8, 4) is 5.75 Å². The number of methoxy groups -OCH3 is 1. The van der Waals surface area contributed by atoms with Crippen LogP contribution >= 0.6 is 0 Å². The SMILES string of the molecule is COc1cccc(CN(C)CCCC2CCCN2)c1. The molecule has 0 aliphatic carbocycles. The van der Waals surface area contributed by atoms with Gasteiger partial charge in [0.15, 0.2) is 0 Å². The Morgan fingerprint density at radius 2 is 2.32 bits per heavy atom. The number of hydrogen-bond donors (Lipinski definition) is 1. The Morgan fingerprint density at radius 3 is 3.05 bits per heavy atom. The van der Waals surface area contributed by atoms with Crippen LogP contribution in [0.5, 0.6) is 5.75 Å². The van der Waals surface area contributed by atoms with Gasteiger partial charge in [-0.1, -0.05) is 12.1 Å². The number of nitrogens with zero attached hydrogens (tertiary/aromatic N) is 1. The van der Waals surface area contributed by atoms with Gasteiger partial charge in [0.05, 0.1) is 7.11 Å². The third-order valence-electron chi connectivity index (χ3n) is 3.84. The molecule has 0 amide bonds. The molecule has 1 atom stereocenters. The van der Waals surface area contributed by atoms with Gasteiger partial charge in [-0.25, -0.2) is 0 Å². The Balaban J connectivity index is 1.69. The second-order valence-electron chi connectivity index (χ2n) is 5.52. The van der Waals surface area contributed by atoms with Gasteiger partial charge in [-0.15, -0.1) is 0 Å². The van der Waals surface area contributed by atoms with E-state index in [0.717, 1.165) is 24.9 Å². The third-order valence-corrected chi connectivity index (χ3v) is 3.84. The van der Waals surface area contributed by atoms with Crippen LogP contribution in [0.1, 0.15) is 31.2 Å². The lowest BCUT2D eigenvalue weighted by molar-refractivity contribution is 0.311. The second-order valence-corrected chi connectivity index (χ2v) is 5.52. The quantitative estimate of drug-likeness (QED) is 0.817. The van der Waals surface area contributed by atoms with Gasteiger partial charge in [0.25, 0.3) is 0 Å². The zero-order valence-electron chi connectivity index (χ0n) is 12.2. The molecule has 106 valence electrons. The Labute approximate surface area is 116 Å². The average Bonchev–Trinajstić information content (AvgIpc) is 2.92. The third kappa shape index (κ3) is 4.84. The van der Waals surface area contributed by atoms with Crippen molar-refractivity contribution in [3.63, 3.8) is 0 Å². The van der Waals surface area contributed by atoms with Crippen LogP contribution < -0.4 is 10.1 Å². The lowest BCUT2D eigenvalue weighted by atomic mass is 10.1. The van der Waals surface area contributed by atoms with E-state index in [-0.39, 0.29) is 0 Å². The van der Waals surface area contributed by atoms with E-state index in [1.165, 1.54) is 37.8 Å². The summed E-state index contributed by atoms with van der Waals surface area (Å²) in [5, 5.41) is 3.56. The Kier molecular flexibility index (Phi) is 5.67. The summed E-state index contributed by atoms with van der Waals surface area (Å²) < 4.78 is 5.26. The standard InChI is InChI=1S/C16H26N2O/c1-18(11-5-8-15-7-4-10-17-15)13-14-6-3-9-16(12-14)19-2/h3,6,9,12,15,17H,4-5,7-8,10-11,13H2,1-2H3. The summed E-state index contributed by atoms with van der Waals surface area (Å²) in [5.74, 6) is 0.945. The van der Waals surface area contributed by atoms with Crippen LogP contribution in [0.25, 0.3) is 0 Å². The highest BCUT2D eigenvalue weighted by Crippen LogP contribution is 2.15. The molecule has 3 heteroatoms. The van der Waals surface area contributed by atoms with E-state index >= 15 is 0 Å². The van der Waals surface area contributed by atoms with E-state index in [9.17, 15) is 0 Å². The van der Waals surface area contributed by atoms with Gasteiger partial charge in [0.1, 0.15) is 5.75 Å². The van der Waals surface area contributed by atoms with Crippen molar-refractivity contribution in [2.24, 2.45) is 0 Å². The first-order valence-corrected chi connectivity index (χ1v) is 7.33. The lowest BCUT2D eigenvalue weighted by Gasteiger charge is -2.18. The largest absolute Gasteiger partial charge is 0.497 e. The summed E-state index contributed by atoms with van der Waals surface area (Å²) in [5.41, 5.74) is 1.32. The number of hydrogen-bond acceptors (Lipinski definition) is 3. The van der Waals surface area contributed by atoms with Gasteiger partial charge in [0.2, 0.25) is 0 Å². The molecule has 1 N–H and O–H groups in total. The minimum absolute atomic E-state index is 0.769. The molecule has 1 fully saturated rings. The van der Waals surface area contributed by atoms with Gasteiger partial charge in [-0.3, -0.25) is 0 Å². The average molecular weight is 262 g/mol. The summed E-state index contributed by atoms with van der Waals surface area (Å²) >= 11 is 0. The second kappa shape index (κ2) is 7.51. The smallest absolute Gasteiger partial charge is 0.119 e. The summed E-state index contributed by atoms with van der Waals surface area (Å²) in [6.07, 6.45) is 5.30. The minimum atomic E-state index is 0.769. The van der Waals surface area contributed by atoms with E-state index in [0.29, 0.717) is 0 Å². The molecule has 1 aromatic carbocycles. The molecule has 0 bridgehead atoms. The van der Waals surface area contributed by atoms with Crippen molar-refractivity contribution in [2.45, 2.75) is 38.3 Å². The van der Waals surface area contributed by atoms with Crippen molar-refractivity contribution in [1.29, 1.82) is 0 Å². The Hall–Kier alpha value is -1.06. The van der Waals surface area contributed by atoms with Crippen LogP contribution in [0.4, 0.5) is 0 Å². The molecule has 1 unspecified atom stereocenters. The molecule has 1 aromatic rings. The van der Waals surface area contributed by atoms with Gasteiger partial charge in [-0.05, 0) is 63.5 Å². The van der Waals surface area contributed by atoms with Crippen molar-refractivity contribution in [1.82, 2.24) is 10.2 Å². The maximum absolute atomic E-state index is 5.26. The van der Waals surface area contributed by atoms with Gasteiger partial charge >= 0.3 is 0 Å². The first kappa shape index (κ1) is 14.4. The van der Waals surface area contributed by atoms with E-state index in [4.69, 9.17) is 4.74 Å². The van der Waals surface area contributed by atoms with E-state index in [2.05, 4.69) is 35.5 Å². The molecule has 2 rings (SSSR count). The monoisotopic (exact) mass is 262 g/mol. The maximum Gasteiger partial charge on any atom is 0.119 e. The first-order chi connectivity index (χ1) is 9.28. The molecule has 3 nitrogen and oxygen atoms in total. The van der Waals surface area contributed by atoms with Gasteiger partial charge in [-0.2, -0.15) is 0 Å². The number of rotatable bonds is 7. The number of nitrogens with one attached hydrogen (secondary N) is 1. The van der Waals surface area contributed by atoms with Crippen LogP contribution in [-0.2, 0) is 6.54 Å². The van der Waals surface area contributed by atoms with Crippen LogP contribution in [-0.4, -0.2) is 38.2 Å². The van der Waals surface area contributed by atoms with Crippen LogP contribution in [0.3, 0.4) is 0 Å². The van der Waals surface area contributed by atoms with E-state index < -0.39 is 0 Å². The predicted octanol–water partition coefficient (Wildman–Crippen LogP) is 2.66. The molecule has 19 heavy (non-hydrogen) atoms. The molecule has 0 spiro atoms. The molecule has 1 saturated heterocycles. The number of benzene rings is 1. The summed E-state index contributed by atoms with van der Waals surface area (Å²) in [6.45, 7) is 3.37. The Bertz CT molecular complexity index is 375. The Morgan fingerprint density at radius 1 is 1.42 bits per heavy atom. The highest BCUT2D eigenvalue weighted by atomic mass is 16.5. The number of ether oxygens (including phenoxy) is 1.